The van der Waals surface area contributed by atoms with Crippen molar-refractivity contribution in [2.24, 2.45) is 0 Å². The Hall–Kier alpha value is -2.53. The molecule has 0 aromatic heterocycles. The van der Waals surface area contributed by atoms with Crippen LogP contribution in [0.5, 0.6) is 0 Å². The number of carbonyl (C=O) groups excluding carboxylic acids is 2. The molecule has 3 rings (SSSR count). The largest absolute Gasteiger partial charge is 0.338 e. The number of carbonyl (C=O) groups is 2. The van der Waals surface area contributed by atoms with E-state index in [0.717, 1.165) is 13.0 Å². The molecule has 2 aromatic carbocycles. The highest BCUT2D eigenvalue weighted by atomic mass is 35.5. The Labute approximate surface area is 152 Å². The van der Waals surface area contributed by atoms with Crippen molar-refractivity contribution in [1.29, 1.82) is 0 Å². The first-order valence-electron chi connectivity index (χ1n) is 8.27. The van der Waals surface area contributed by atoms with E-state index in [9.17, 15) is 9.59 Å². The van der Waals surface area contributed by atoms with Crippen molar-refractivity contribution in [3.05, 3.63) is 64.7 Å². The zero-order valence-corrected chi connectivity index (χ0v) is 14.6. The summed E-state index contributed by atoms with van der Waals surface area (Å²) in [6.45, 7) is 1.68. The van der Waals surface area contributed by atoms with Gasteiger partial charge in [0.25, 0.3) is 0 Å². The minimum Gasteiger partial charge on any atom is -0.338 e. The molecule has 0 atom stereocenters. The zero-order chi connectivity index (χ0) is 17.6. The molecule has 0 saturated carbocycles. The average Bonchev–Trinajstić information content (AvgIpc) is 2.63. The van der Waals surface area contributed by atoms with E-state index in [4.69, 9.17) is 11.6 Å². The van der Waals surface area contributed by atoms with Gasteiger partial charge in [0.05, 0.1) is 0 Å². The highest BCUT2D eigenvalue weighted by Gasteiger charge is 2.19. The van der Waals surface area contributed by atoms with E-state index in [-0.39, 0.29) is 18.4 Å². The minimum atomic E-state index is -0.334. The topological polar surface area (TPSA) is 61.4 Å². The van der Waals surface area contributed by atoms with Gasteiger partial charge in [-0.2, -0.15) is 0 Å². The second-order valence-corrected chi connectivity index (χ2v) is 6.41. The first-order chi connectivity index (χ1) is 12.1. The van der Waals surface area contributed by atoms with E-state index in [1.54, 1.807) is 24.3 Å². The lowest BCUT2D eigenvalue weighted by molar-refractivity contribution is -0.131. The SMILES string of the molecule is O=C(NCCC(=O)N1CCc2ccccc2C1)Nc1ccc(Cl)cc1. The summed E-state index contributed by atoms with van der Waals surface area (Å²) in [7, 11) is 0. The first-order valence-corrected chi connectivity index (χ1v) is 8.64. The number of benzene rings is 2. The van der Waals surface area contributed by atoms with Gasteiger partial charge in [-0.05, 0) is 41.8 Å². The van der Waals surface area contributed by atoms with Crippen molar-refractivity contribution in [2.75, 3.05) is 18.4 Å². The predicted octanol–water partition coefficient (Wildman–Crippen LogP) is 3.44. The molecule has 130 valence electrons. The van der Waals surface area contributed by atoms with Crippen LogP contribution in [0.3, 0.4) is 0 Å². The summed E-state index contributed by atoms with van der Waals surface area (Å²) in [4.78, 5) is 26.0. The van der Waals surface area contributed by atoms with Crippen LogP contribution in [0.4, 0.5) is 10.5 Å². The Balaban J connectivity index is 1.42. The Morgan fingerprint density at radius 1 is 1.04 bits per heavy atom. The molecule has 6 heteroatoms. The first kappa shape index (κ1) is 17.3. The zero-order valence-electron chi connectivity index (χ0n) is 13.8. The molecule has 2 N–H and O–H groups in total. The summed E-state index contributed by atoms with van der Waals surface area (Å²) >= 11 is 5.80. The average molecular weight is 358 g/mol. The third kappa shape index (κ3) is 4.73. The maximum atomic E-state index is 12.3. The second kappa shape index (κ2) is 8.03. The molecule has 25 heavy (non-hydrogen) atoms. The number of nitrogens with one attached hydrogen (secondary N) is 2. The second-order valence-electron chi connectivity index (χ2n) is 5.97. The number of urea groups is 1. The monoisotopic (exact) mass is 357 g/mol. The third-order valence-electron chi connectivity index (χ3n) is 4.21. The van der Waals surface area contributed by atoms with Gasteiger partial charge in [-0.15, -0.1) is 0 Å². The molecular formula is C19H20ClN3O2. The number of halogens is 1. The van der Waals surface area contributed by atoms with Crippen LogP contribution >= 0.6 is 11.6 Å². The molecule has 0 spiro atoms. The van der Waals surface area contributed by atoms with Gasteiger partial charge in [0.15, 0.2) is 0 Å². The normalized spacial score (nSPS) is 13.1. The fourth-order valence-corrected chi connectivity index (χ4v) is 2.98. The van der Waals surface area contributed by atoms with Crippen LogP contribution < -0.4 is 10.6 Å². The van der Waals surface area contributed by atoms with E-state index in [1.807, 2.05) is 17.0 Å². The van der Waals surface area contributed by atoms with Crippen molar-refractivity contribution < 1.29 is 9.59 Å². The predicted molar refractivity (Wildman–Crippen MR) is 98.7 cm³/mol. The lowest BCUT2D eigenvalue weighted by Crippen LogP contribution is -2.38. The van der Waals surface area contributed by atoms with Crippen LogP contribution in [-0.4, -0.2) is 29.9 Å². The van der Waals surface area contributed by atoms with Gasteiger partial charge in [-0.3, -0.25) is 4.79 Å². The van der Waals surface area contributed by atoms with E-state index in [1.165, 1.54) is 11.1 Å². The van der Waals surface area contributed by atoms with Crippen LogP contribution in [0.15, 0.2) is 48.5 Å². The van der Waals surface area contributed by atoms with Crippen molar-refractivity contribution >= 4 is 29.2 Å². The quantitative estimate of drug-likeness (QED) is 0.880. The van der Waals surface area contributed by atoms with Gasteiger partial charge in [0, 0.05) is 36.8 Å². The number of nitrogens with zero attached hydrogens (tertiary/aromatic N) is 1. The maximum Gasteiger partial charge on any atom is 0.319 e. The number of hydrogen-bond donors (Lipinski definition) is 2. The summed E-state index contributed by atoms with van der Waals surface area (Å²) in [5.41, 5.74) is 3.17. The van der Waals surface area contributed by atoms with Gasteiger partial charge >= 0.3 is 6.03 Å². The third-order valence-corrected chi connectivity index (χ3v) is 4.46. The Kier molecular flexibility index (Phi) is 5.56. The molecule has 0 fully saturated rings. The van der Waals surface area contributed by atoms with Crippen molar-refractivity contribution in [3.63, 3.8) is 0 Å². The summed E-state index contributed by atoms with van der Waals surface area (Å²) < 4.78 is 0. The van der Waals surface area contributed by atoms with Crippen molar-refractivity contribution in [1.82, 2.24) is 10.2 Å². The van der Waals surface area contributed by atoms with E-state index >= 15 is 0 Å². The summed E-state index contributed by atoms with van der Waals surface area (Å²) in [5.74, 6) is 0.0568. The molecule has 2 aromatic rings. The van der Waals surface area contributed by atoms with Crippen molar-refractivity contribution in [2.45, 2.75) is 19.4 Å². The van der Waals surface area contributed by atoms with Crippen LogP contribution in [0.1, 0.15) is 17.5 Å². The summed E-state index contributed by atoms with van der Waals surface area (Å²) in [6, 6.07) is 14.7. The van der Waals surface area contributed by atoms with E-state index < -0.39 is 0 Å². The van der Waals surface area contributed by atoms with Gasteiger partial charge in [-0.1, -0.05) is 35.9 Å². The molecule has 3 amide bonds. The molecule has 0 bridgehead atoms. The lowest BCUT2D eigenvalue weighted by Gasteiger charge is -2.29. The molecule has 0 aliphatic carbocycles. The smallest absolute Gasteiger partial charge is 0.319 e. The fraction of sp³-hybridized carbons (Fsp3) is 0.263. The molecule has 1 aliphatic heterocycles. The van der Waals surface area contributed by atoms with Crippen LogP contribution in [0.25, 0.3) is 0 Å². The highest BCUT2D eigenvalue weighted by molar-refractivity contribution is 6.30. The highest BCUT2D eigenvalue weighted by Crippen LogP contribution is 2.18. The van der Waals surface area contributed by atoms with Gasteiger partial charge in [0.1, 0.15) is 0 Å². The van der Waals surface area contributed by atoms with E-state index in [2.05, 4.69) is 22.8 Å². The van der Waals surface area contributed by atoms with E-state index in [0.29, 0.717) is 23.8 Å². The number of rotatable bonds is 4. The van der Waals surface area contributed by atoms with Gasteiger partial charge < -0.3 is 15.5 Å². The molecule has 5 nitrogen and oxygen atoms in total. The Bertz CT molecular complexity index is 762. The minimum absolute atomic E-state index is 0.0568. The Morgan fingerprint density at radius 3 is 2.52 bits per heavy atom. The fourth-order valence-electron chi connectivity index (χ4n) is 2.86. The lowest BCUT2D eigenvalue weighted by atomic mass is 10.00. The summed E-state index contributed by atoms with van der Waals surface area (Å²) in [6.07, 6.45) is 1.17. The number of amides is 3. The number of anilines is 1. The molecule has 0 saturated heterocycles. The standard InChI is InChI=1S/C19H20ClN3O2/c20-16-5-7-17(8-6-16)22-19(25)21-11-9-18(24)23-12-10-14-3-1-2-4-15(14)13-23/h1-8H,9-13H2,(H2,21,22,25). The molecule has 1 heterocycles. The molecular weight excluding hydrogens is 338 g/mol. The summed E-state index contributed by atoms with van der Waals surface area (Å²) in [5, 5.41) is 6.02. The maximum absolute atomic E-state index is 12.3. The van der Waals surface area contributed by atoms with Gasteiger partial charge in [0.2, 0.25) is 5.91 Å². The number of fused-ring (bicyclic) bond motifs is 1. The van der Waals surface area contributed by atoms with Crippen molar-refractivity contribution in [3.8, 4) is 0 Å². The molecule has 0 unspecified atom stereocenters. The van der Waals surface area contributed by atoms with Crippen LogP contribution in [0.2, 0.25) is 5.02 Å². The number of hydrogen-bond acceptors (Lipinski definition) is 2. The van der Waals surface area contributed by atoms with Gasteiger partial charge in [-0.25, -0.2) is 4.79 Å². The van der Waals surface area contributed by atoms with Crippen LogP contribution in [-0.2, 0) is 17.8 Å². The molecule has 1 aliphatic rings. The Morgan fingerprint density at radius 2 is 1.76 bits per heavy atom. The van der Waals surface area contributed by atoms with Crippen LogP contribution in [0, 0.1) is 0 Å². The molecule has 0 radical (unpaired) electrons.